The molecule has 0 aromatic carbocycles. The third-order valence-corrected chi connectivity index (χ3v) is 4.66. The number of thioether (sulfide) groups is 1. The van der Waals surface area contributed by atoms with Crippen LogP contribution in [0.3, 0.4) is 0 Å². The zero-order valence-electron chi connectivity index (χ0n) is 10.6. The minimum Gasteiger partial charge on any atom is -0.397 e. The molecule has 6 heteroatoms. The second-order valence-corrected chi connectivity index (χ2v) is 5.94. The smallest absolute Gasteiger partial charge is 0.142 e. The Kier molecular flexibility index (Phi) is 3.94. The van der Waals surface area contributed by atoms with Crippen molar-refractivity contribution in [2.75, 3.05) is 5.73 Å². The fourth-order valence-electron chi connectivity index (χ4n) is 1.66. The molecule has 3 aromatic rings. The number of aromatic nitrogens is 3. The Morgan fingerprint density at radius 1 is 1.20 bits per heavy atom. The summed E-state index contributed by atoms with van der Waals surface area (Å²) in [6.07, 6.45) is 5.20. The predicted octanol–water partition coefficient (Wildman–Crippen LogP) is 3.47. The van der Waals surface area contributed by atoms with Gasteiger partial charge in [0.15, 0.2) is 0 Å². The molecule has 0 radical (unpaired) electrons. The summed E-state index contributed by atoms with van der Waals surface area (Å²) in [6, 6.07) is 7.76. The van der Waals surface area contributed by atoms with Gasteiger partial charge < -0.3 is 5.73 Å². The SMILES string of the molecule is Nc1cnccc1SCc1csc(-c2ccccn2)n1. The number of nitrogens with zero attached hydrogens (tertiary/aromatic N) is 3. The average molecular weight is 300 g/mol. The Balaban J connectivity index is 1.71. The summed E-state index contributed by atoms with van der Waals surface area (Å²) in [5, 5.41) is 3.01. The van der Waals surface area contributed by atoms with Crippen molar-refractivity contribution < 1.29 is 0 Å². The normalized spacial score (nSPS) is 10.6. The molecule has 3 aromatic heterocycles. The largest absolute Gasteiger partial charge is 0.397 e. The lowest BCUT2D eigenvalue weighted by atomic mass is 10.4. The van der Waals surface area contributed by atoms with Gasteiger partial charge in [-0.2, -0.15) is 0 Å². The zero-order valence-corrected chi connectivity index (χ0v) is 12.2. The summed E-state index contributed by atoms with van der Waals surface area (Å²) in [4.78, 5) is 13.9. The molecule has 3 rings (SSSR count). The van der Waals surface area contributed by atoms with Crippen molar-refractivity contribution in [3.05, 3.63) is 53.9 Å². The van der Waals surface area contributed by atoms with E-state index in [1.165, 1.54) is 0 Å². The van der Waals surface area contributed by atoms with Crippen molar-refractivity contribution in [1.29, 1.82) is 0 Å². The van der Waals surface area contributed by atoms with Crippen LogP contribution >= 0.6 is 23.1 Å². The number of thiazole rings is 1. The number of nitrogen functional groups attached to an aromatic ring is 1. The first kappa shape index (κ1) is 13.1. The van der Waals surface area contributed by atoms with E-state index in [0.29, 0.717) is 5.69 Å². The average Bonchev–Trinajstić information content (AvgIpc) is 2.96. The van der Waals surface area contributed by atoms with Crippen molar-refractivity contribution in [3.8, 4) is 10.7 Å². The van der Waals surface area contributed by atoms with Crippen LogP contribution in [0, 0.1) is 0 Å². The topological polar surface area (TPSA) is 64.7 Å². The van der Waals surface area contributed by atoms with Crippen molar-refractivity contribution in [3.63, 3.8) is 0 Å². The number of rotatable bonds is 4. The Morgan fingerprint density at radius 2 is 2.15 bits per heavy atom. The van der Waals surface area contributed by atoms with E-state index < -0.39 is 0 Å². The van der Waals surface area contributed by atoms with Gasteiger partial charge in [0.2, 0.25) is 0 Å². The third kappa shape index (κ3) is 2.97. The van der Waals surface area contributed by atoms with Gasteiger partial charge in [-0.25, -0.2) is 4.98 Å². The lowest BCUT2D eigenvalue weighted by molar-refractivity contribution is 1.20. The monoisotopic (exact) mass is 300 g/mol. The molecule has 3 heterocycles. The van der Waals surface area contributed by atoms with Gasteiger partial charge in [0, 0.05) is 28.4 Å². The maximum absolute atomic E-state index is 5.87. The van der Waals surface area contributed by atoms with Crippen LogP contribution in [0.15, 0.2) is 53.1 Å². The van der Waals surface area contributed by atoms with Crippen LogP contribution in [-0.4, -0.2) is 15.0 Å². The van der Waals surface area contributed by atoms with Crippen LogP contribution in [0.2, 0.25) is 0 Å². The van der Waals surface area contributed by atoms with Gasteiger partial charge in [0.1, 0.15) is 5.01 Å². The summed E-state index contributed by atoms with van der Waals surface area (Å²) in [7, 11) is 0. The molecule has 0 saturated carbocycles. The van der Waals surface area contributed by atoms with Crippen molar-refractivity contribution in [1.82, 2.24) is 15.0 Å². The van der Waals surface area contributed by atoms with Crippen LogP contribution in [-0.2, 0) is 5.75 Å². The third-order valence-electron chi connectivity index (χ3n) is 2.62. The molecule has 0 atom stereocenters. The Hall–Kier alpha value is -1.92. The van der Waals surface area contributed by atoms with Gasteiger partial charge in [-0.05, 0) is 18.2 Å². The lowest BCUT2D eigenvalue weighted by Gasteiger charge is -2.02. The summed E-state index contributed by atoms with van der Waals surface area (Å²) in [6.45, 7) is 0. The van der Waals surface area contributed by atoms with Gasteiger partial charge in [-0.3, -0.25) is 9.97 Å². The molecule has 20 heavy (non-hydrogen) atoms. The summed E-state index contributed by atoms with van der Waals surface area (Å²) in [5.74, 6) is 0.789. The molecule has 100 valence electrons. The molecule has 0 spiro atoms. The minimum atomic E-state index is 0.706. The molecule has 4 nitrogen and oxygen atoms in total. The number of nitrogens with two attached hydrogens (primary N) is 1. The predicted molar refractivity (Wildman–Crippen MR) is 83.6 cm³/mol. The molecule has 0 unspecified atom stereocenters. The summed E-state index contributed by atoms with van der Waals surface area (Å²) < 4.78 is 0. The van der Waals surface area contributed by atoms with Gasteiger partial charge in [0.25, 0.3) is 0 Å². The van der Waals surface area contributed by atoms with E-state index in [0.717, 1.165) is 27.0 Å². The maximum atomic E-state index is 5.87. The van der Waals surface area contributed by atoms with Crippen molar-refractivity contribution in [2.24, 2.45) is 0 Å². The molecular weight excluding hydrogens is 288 g/mol. The number of pyridine rings is 2. The van der Waals surface area contributed by atoms with Gasteiger partial charge in [0.05, 0.1) is 23.3 Å². The molecule has 0 amide bonds. The summed E-state index contributed by atoms with van der Waals surface area (Å²) >= 11 is 3.28. The lowest BCUT2D eigenvalue weighted by Crippen LogP contribution is -1.90. The highest BCUT2D eigenvalue weighted by Crippen LogP contribution is 2.29. The molecule has 0 fully saturated rings. The van der Waals surface area contributed by atoms with Crippen LogP contribution in [0.25, 0.3) is 10.7 Å². The van der Waals surface area contributed by atoms with E-state index in [1.807, 2.05) is 24.3 Å². The van der Waals surface area contributed by atoms with E-state index in [-0.39, 0.29) is 0 Å². The van der Waals surface area contributed by atoms with Crippen LogP contribution in [0.5, 0.6) is 0 Å². The first-order chi connectivity index (χ1) is 9.83. The van der Waals surface area contributed by atoms with E-state index in [2.05, 4.69) is 20.3 Å². The van der Waals surface area contributed by atoms with E-state index >= 15 is 0 Å². The van der Waals surface area contributed by atoms with Crippen LogP contribution < -0.4 is 5.73 Å². The van der Waals surface area contributed by atoms with E-state index in [9.17, 15) is 0 Å². The molecule has 0 bridgehead atoms. The number of hydrogen-bond acceptors (Lipinski definition) is 6. The molecule has 2 N–H and O–H groups in total. The minimum absolute atomic E-state index is 0.706. The van der Waals surface area contributed by atoms with Gasteiger partial charge in [-0.15, -0.1) is 23.1 Å². The first-order valence-electron chi connectivity index (χ1n) is 6.01. The second-order valence-electron chi connectivity index (χ2n) is 4.06. The zero-order chi connectivity index (χ0) is 13.8. The number of anilines is 1. The molecule has 0 aliphatic carbocycles. The molecule has 0 aliphatic heterocycles. The first-order valence-corrected chi connectivity index (χ1v) is 7.87. The highest BCUT2D eigenvalue weighted by atomic mass is 32.2. The van der Waals surface area contributed by atoms with E-state index in [4.69, 9.17) is 5.73 Å². The Bertz CT molecular complexity index is 697. The van der Waals surface area contributed by atoms with Crippen LogP contribution in [0.4, 0.5) is 5.69 Å². The van der Waals surface area contributed by atoms with Crippen molar-refractivity contribution >= 4 is 28.8 Å². The van der Waals surface area contributed by atoms with Crippen molar-refractivity contribution in [2.45, 2.75) is 10.6 Å². The second kappa shape index (κ2) is 6.02. The molecular formula is C14H12N4S2. The Morgan fingerprint density at radius 3 is 2.95 bits per heavy atom. The van der Waals surface area contributed by atoms with Gasteiger partial charge >= 0.3 is 0 Å². The standard InChI is InChI=1S/C14H12N4S2/c15-11-7-16-6-4-13(11)19-8-10-9-20-14(18-10)12-3-1-2-5-17-12/h1-7,9H,8,15H2. The maximum Gasteiger partial charge on any atom is 0.142 e. The van der Waals surface area contributed by atoms with Crippen LogP contribution in [0.1, 0.15) is 5.69 Å². The summed E-state index contributed by atoms with van der Waals surface area (Å²) in [5.41, 5.74) is 8.53. The highest BCUT2D eigenvalue weighted by Gasteiger charge is 2.07. The fraction of sp³-hybridized carbons (Fsp3) is 0.0714. The quantitative estimate of drug-likeness (QED) is 0.747. The highest BCUT2D eigenvalue weighted by molar-refractivity contribution is 7.98. The molecule has 0 aliphatic rings. The Labute approximate surface area is 125 Å². The number of hydrogen-bond donors (Lipinski definition) is 1. The van der Waals surface area contributed by atoms with E-state index in [1.54, 1.807) is 41.7 Å². The fourth-order valence-corrected chi connectivity index (χ4v) is 3.39. The van der Waals surface area contributed by atoms with Gasteiger partial charge in [-0.1, -0.05) is 6.07 Å². The molecule has 0 saturated heterocycles.